The van der Waals surface area contributed by atoms with Crippen LogP contribution < -0.4 is 10.1 Å². The number of carbonyl (C=O) groups is 1. The van der Waals surface area contributed by atoms with Crippen molar-refractivity contribution in [2.45, 2.75) is 5.16 Å². The van der Waals surface area contributed by atoms with E-state index in [4.69, 9.17) is 4.74 Å². The molecule has 4 aromatic rings. The third-order valence-corrected chi connectivity index (χ3v) is 5.29. The number of amides is 1. The summed E-state index contributed by atoms with van der Waals surface area (Å²) in [4.78, 5) is 17.0. The Kier molecular flexibility index (Phi) is 6.10. The summed E-state index contributed by atoms with van der Waals surface area (Å²) in [6.07, 6.45) is 0. The van der Waals surface area contributed by atoms with Crippen LogP contribution in [0.25, 0.3) is 22.5 Å². The monoisotopic (exact) mass is 416 g/mol. The zero-order chi connectivity index (χ0) is 20.8. The third-order valence-electron chi connectivity index (χ3n) is 4.45. The van der Waals surface area contributed by atoms with Crippen molar-refractivity contribution in [2.24, 2.45) is 0 Å². The number of ether oxygens (including phenoxy) is 1. The summed E-state index contributed by atoms with van der Waals surface area (Å²) in [7, 11) is 1.63. The van der Waals surface area contributed by atoms with Crippen molar-refractivity contribution in [1.29, 1.82) is 0 Å². The van der Waals surface area contributed by atoms with Crippen LogP contribution in [0, 0.1) is 0 Å². The molecule has 0 fully saturated rings. The molecule has 4 rings (SSSR count). The second kappa shape index (κ2) is 9.28. The van der Waals surface area contributed by atoms with Crippen LogP contribution in [-0.4, -0.2) is 34.0 Å². The predicted octanol–water partition coefficient (Wildman–Crippen LogP) is 4.88. The molecule has 30 heavy (non-hydrogen) atoms. The van der Waals surface area contributed by atoms with Gasteiger partial charge in [-0.1, -0.05) is 60.3 Å². The highest BCUT2D eigenvalue weighted by atomic mass is 32.2. The van der Waals surface area contributed by atoms with Crippen LogP contribution in [0.3, 0.4) is 0 Å². The fourth-order valence-electron chi connectivity index (χ4n) is 2.97. The molecule has 6 nitrogen and oxygen atoms in total. The van der Waals surface area contributed by atoms with E-state index in [1.54, 1.807) is 7.11 Å². The molecule has 0 unspecified atom stereocenters. The van der Waals surface area contributed by atoms with E-state index in [0.29, 0.717) is 11.0 Å². The van der Waals surface area contributed by atoms with Crippen LogP contribution in [0.5, 0.6) is 5.75 Å². The number of rotatable bonds is 7. The van der Waals surface area contributed by atoms with E-state index in [1.807, 2.05) is 78.9 Å². The number of benzene rings is 3. The molecule has 150 valence electrons. The molecular formula is C23H20N4O2S. The summed E-state index contributed by atoms with van der Waals surface area (Å²) in [5.74, 6) is 1.53. The van der Waals surface area contributed by atoms with E-state index in [1.165, 1.54) is 11.8 Å². The average Bonchev–Trinajstić information content (AvgIpc) is 3.28. The van der Waals surface area contributed by atoms with Gasteiger partial charge in [0.15, 0.2) is 5.82 Å². The predicted molar refractivity (Wildman–Crippen MR) is 120 cm³/mol. The van der Waals surface area contributed by atoms with E-state index in [9.17, 15) is 4.79 Å². The molecule has 2 N–H and O–H groups in total. The molecular weight excluding hydrogens is 396 g/mol. The normalized spacial score (nSPS) is 10.6. The van der Waals surface area contributed by atoms with Gasteiger partial charge >= 0.3 is 0 Å². The third kappa shape index (κ3) is 4.69. The van der Waals surface area contributed by atoms with Gasteiger partial charge in [0.1, 0.15) is 5.75 Å². The lowest BCUT2D eigenvalue weighted by atomic mass is 10.0. The molecule has 0 aliphatic carbocycles. The van der Waals surface area contributed by atoms with Crippen molar-refractivity contribution in [3.05, 3.63) is 78.9 Å². The maximum absolute atomic E-state index is 12.5. The van der Waals surface area contributed by atoms with Crippen molar-refractivity contribution in [2.75, 3.05) is 18.2 Å². The molecule has 0 bridgehead atoms. The second-order valence-corrected chi connectivity index (χ2v) is 7.39. The van der Waals surface area contributed by atoms with Crippen LogP contribution in [0.15, 0.2) is 84.0 Å². The summed E-state index contributed by atoms with van der Waals surface area (Å²) in [5.41, 5.74) is 3.72. The largest absolute Gasteiger partial charge is 0.497 e. The van der Waals surface area contributed by atoms with E-state index >= 15 is 0 Å². The highest BCUT2D eigenvalue weighted by Gasteiger charge is 2.11. The zero-order valence-corrected chi connectivity index (χ0v) is 17.1. The molecule has 0 atom stereocenters. The molecule has 0 aliphatic rings. The number of H-pyrrole nitrogens is 1. The summed E-state index contributed by atoms with van der Waals surface area (Å²) in [5, 5.41) is 10.6. The number of para-hydroxylation sites is 1. The molecule has 0 aliphatic heterocycles. The number of anilines is 1. The van der Waals surface area contributed by atoms with Crippen LogP contribution in [0.1, 0.15) is 0 Å². The molecule has 0 radical (unpaired) electrons. The van der Waals surface area contributed by atoms with E-state index in [-0.39, 0.29) is 11.7 Å². The second-order valence-electron chi connectivity index (χ2n) is 6.44. The number of hydrogen-bond acceptors (Lipinski definition) is 5. The van der Waals surface area contributed by atoms with Crippen LogP contribution in [-0.2, 0) is 4.79 Å². The topological polar surface area (TPSA) is 79.9 Å². The molecule has 0 saturated heterocycles. The number of carbonyl (C=O) groups excluding carboxylic acids is 1. The van der Waals surface area contributed by atoms with Gasteiger partial charge in [-0.15, -0.1) is 5.10 Å². The van der Waals surface area contributed by atoms with Gasteiger partial charge in [-0.25, -0.2) is 4.98 Å². The van der Waals surface area contributed by atoms with Crippen LogP contribution >= 0.6 is 11.8 Å². The number of aromatic amines is 1. The summed E-state index contributed by atoms with van der Waals surface area (Å²) in [6.45, 7) is 0. The fourth-order valence-corrected chi connectivity index (χ4v) is 3.57. The minimum atomic E-state index is -0.112. The zero-order valence-electron chi connectivity index (χ0n) is 16.3. The Labute approximate surface area is 178 Å². The van der Waals surface area contributed by atoms with Crippen molar-refractivity contribution in [3.63, 3.8) is 0 Å². The quantitative estimate of drug-likeness (QED) is 0.420. The lowest BCUT2D eigenvalue weighted by molar-refractivity contribution is -0.113. The lowest BCUT2D eigenvalue weighted by Crippen LogP contribution is -2.14. The first-order chi connectivity index (χ1) is 14.7. The number of thioether (sulfide) groups is 1. The summed E-state index contributed by atoms with van der Waals surface area (Å²) >= 11 is 1.28. The van der Waals surface area contributed by atoms with Gasteiger partial charge in [0.2, 0.25) is 11.1 Å². The average molecular weight is 417 g/mol. The minimum Gasteiger partial charge on any atom is -0.497 e. The molecule has 0 saturated carbocycles. The Balaban J connectivity index is 1.39. The Morgan fingerprint density at radius 1 is 0.967 bits per heavy atom. The smallest absolute Gasteiger partial charge is 0.234 e. The van der Waals surface area contributed by atoms with Gasteiger partial charge in [-0.05, 0) is 35.9 Å². The maximum Gasteiger partial charge on any atom is 0.234 e. The van der Waals surface area contributed by atoms with Gasteiger partial charge in [0.25, 0.3) is 0 Å². The van der Waals surface area contributed by atoms with Gasteiger partial charge in [0.05, 0.1) is 12.9 Å². The van der Waals surface area contributed by atoms with E-state index in [0.717, 1.165) is 28.1 Å². The number of methoxy groups -OCH3 is 1. The van der Waals surface area contributed by atoms with Crippen LogP contribution in [0.2, 0.25) is 0 Å². The number of nitrogens with one attached hydrogen (secondary N) is 2. The Morgan fingerprint density at radius 2 is 1.70 bits per heavy atom. The molecule has 1 aromatic heterocycles. The first-order valence-corrected chi connectivity index (χ1v) is 10.4. The van der Waals surface area contributed by atoms with Crippen LogP contribution in [0.4, 0.5) is 5.69 Å². The number of aromatic nitrogens is 3. The molecule has 1 heterocycles. The standard InChI is InChI=1S/C23H20N4O2S/c1-29-18-13-11-17(12-14-18)22-25-23(27-26-22)30-15-21(28)24-20-10-6-5-9-19(20)16-7-3-2-4-8-16/h2-14H,15H2,1H3,(H,24,28)(H,25,26,27). The first-order valence-electron chi connectivity index (χ1n) is 9.37. The van der Waals surface area contributed by atoms with E-state index < -0.39 is 0 Å². The molecule has 1 amide bonds. The number of nitrogens with zero attached hydrogens (tertiary/aromatic N) is 2. The van der Waals surface area contributed by atoms with E-state index in [2.05, 4.69) is 20.5 Å². The van der Waals surface area contributed by atoms with Crippen molar-refractivity contribution < 1.29 is 9.53 Å². The fraction of sp³-hybridized carbons (Fsp3) is 0.0870. The Morgan fingerprint density at radius 3 is 2.47 bits per heavy atom. The lowest BCUT2D eigenvalue weighted by Gasteiger charge is -2.10. The highest BCUT2D eigenvalue weighted by Crippen LogP contribution is 2.28. The molecule has 3 aromatic carbocycles. The Hall–Kier alpha value is -3.58. The molecule has 7 heteroatoms. The van der Waals surface area contributed by atoms with Gasteiger partial charge in [-0.3, -0.25) is 9.89 Å². The van der Waals surface area contributed by atoms with Crippen molar-refractivity contribution in [3.8, 4) is 28.3 Å². The molecule has 0 spiro atoms. The van der Waals surface area contributed by atoms with Gasteiger partial charge in [-0.2, -0.15) is 0 Å². The van der Waals surface area contributed by atoms with Gasteiger partial charge < -0.3 is 10.1 Å². The minimum absolute atomic E-state index is 0.112. The van der Waals surface area contributed by atoms with Gasteiger partial charge in [0, 0.05) is 16.8 Å². The SMILES string of the molecule is COc1ccc(-c2nc(SCC(=O)Nc3ccccc3-c3ccccc3)n[nH]2)cc1. The number of hydrogen-bond donors (Lipinski definition) is 2. The Bertz CT molecular complexity index is 1130. The summed E-state index contributed by atoms with van der Waals surface area (Å²) in [6, 6.07) is 25.3. The summed E-state index contributed by atoms with van der Waals surface area (Å²) < 4.78 is 5.17. The first kappa shape index (κ1) is 19.7. The van der Waals surface area contributed by atoms with Crippen molar-refractivity contribution in [1.82, 2.24) is 15.2 Å². The highest BCUT2D eigenvalue weighted by molar-refractivity contribution is 7.99. The maximum atomic E-state index is 12.5. The van der Waals surface area contributed by atoms with Crippen molar-refractivity contribution >= 4 is 23.4 Å².